The number of nitrogens with one attached hydrogen (secondary N) is 2. The van der Waals surface area contributed by atoms with Crippen molar-refractivity contribution in [3.8, 4) is 11.8 Å². The Morgan fingerprint density at radius 2 is 2.12 bits per heavy atom. The van der Waals surface area contributed by atoms with Crippen molar-refractivity contribution in [3.63, 3.8) is 0 Å². The van der Waals surface area contributed by atoms with Gasteiger partial charge in [-0.1, -0.05) is 11.6 Å². The summed E-state index contributed by atoms with van der Waals surface area (Å²) in [5.41, 5.74) is 3.85. The Morgan fingerprint density at radius 3 is 2.88 bits per heavy atom. The molecule has 2 aromatic heterocycles. The van der Waals surface area contributed by atoms with Crippen LogP contribution in [0.4, 0.5) is 0 Å². The Hall–Kier alpha value is -3.06. The van der Waals surface area contributed by atoms with Gasteiger partial charge in [-0.3, -0.25) is 9.58 Å². The largest absolute Gasteiger partial charge is 0.491 e. The monoisotopic (exact) mass is 481 g/mol. The van der Waals surface area contributed by atoms with Gasteiger partial charge < -0.3 is 19.8 Å². The molecule has 2 N–H and O–H groups in total. The summed E-state index contributed by atoms with van der Waals surface area (Å²) in [5, 5.41) is 19.5. The van der Waals surface area contributed by atoms with Crippen LogP contribution in [0.3, 0.4) is 0 Å². The van der Waals surface area contributed by atoms with Gasteiger partial charge in [0, 0.05) is 37.6 Å². The highest BCUT2D eigenvalue weighted by Gasteiger charge is 2.23. The van der Waals surface area contributed by atoms with E-state index in [-0.39, 0.29) is 6.17 Å². The highest BCUT2D eigenvalue weighted by atomic mass is 35.5. The van der Waals surface area contributed by atoms with Gasteiger partial charge >= 0.3 is 0 Å². The lowest BCUT2D eigenvalue weighted by Crippen LogP contribution is -2.38. The summed E-state index contributed by atoms with van der Waals surface area (Å²) in [7, 11) is 0. The smallest absolute Gasteiger partial charge is 0.164 e. The predicted molar refractivity (Wildman–Crippen MR) is 129 cm³/mol. The number of hydrogen-bond donors (Lipinski definition) is 2. The van der Waals surface area contributed by atoms with Gasteiger partial charge in [0.2, 0.25) is 0 Å². The number of aryl methyl sites for hydroxylation is 2. The number of aromatic nitrogens is 3. The standard InChI is InChI=1S/C24H28ClN7O2/c1-3-32-18(11-15(2)30-32)23-28-22(25)20-17-12-16(14-26)13-19(21(17)27-24(20)29-23)34-8-4-5-31-6-9-33-10-7-31/h11-13,23,28H,3-10H2,1-2H3,(H,27,29). The van der Waals surface area contributed by atoms with Crippen molar-refractivity contribution in [2.45, 2.75) is 33.0 Å². The van der Waals surface area contributed by atoms with Crippen molar-refractivity contribution in [1.82, 2.24) is 25.0 Å². The van der Waals surface area contributed by atoms with E-state index in [4.69, 9.17) is 26.1 Å². The molecular formula is C24H28ClN7O2. The number of aromatic amines is 1. The third kappa shape index (κ3) is 4.37. The fourth-order valence-electron chi connectivity index (χ4n) is 4.58. The van der Waals surface area contributed by atoms with Gasteiger partial charge in [0.25, 0.3) is 0 Å². The number of halogens is 1. The van der Waals surface area contributed by atoms with Crippen LogP contribution < -0.4 is 20.8 Å². The maximum Gasteiger partial charge on any atom is 0.164 e. The van der Waals surface area contributed by atoms with Crippen molar-refractivity contribution in [2.75, 3.05) is 39.5 Å². The van der Waals surface area contributed by atoms with Crippen LogP contribution in [0, 0.1) is 18.3 Å². The molecule has 1 fully saturated rings. The molecule has 1 aromatic carbocycles. The minimum atomic E-state index is -0.359. The summed E-state index contributed by atoms with van der Waals surface area (Å²) in [6.45, 7) is 9.74. The number of H-pyrrole nitrogens is 1. The van der Waals surface area contributed by atoms with Gasteiger partial charge in [0.05, 0.1) is 53.6 Å². The van der Waals surface area contributed by atoms with Crippen LogP contribution in [0.1, 0.15) is 36.5 Å². The third-order valence-corrected chi connectivity index (χ3v) is 6.51. The maximum absolute atomic E-state index is 9.60. The highest BCUT2D eigenvalue weighted by molar-refractivity contribution is 6.45. The highest BCUT2D eigenvalue weighted by Crippen LogP contribution is 2.26. The topological polar surface area (TPSA) is 103 Å². The SMILES string of the molecule is CCn1nc(C)cc1C1N=c2[nH]c3c(OCCCN4CCOCC4)cc(C#N)cc3c2=C(Cl)N1. The molecule has 10 heteroatoms. The minimum Gasteiger partial charge on any atom is -0.491 e. The summed E-state index contributed by atoms with van der Waals surface area (Å²) in [6, 6.07) is 7.84. The molecule has 4 heterocycles. The second-order valence-corrected chi connectivity index (χ2v) is 8.91. The van der Waals surface area contributed by atoms with Crippen molar-refractivity contribution >= 4 is 27.7 Å². The van der Waals surface area contributed by atoms with E-state index in [0.29, 0.717) is 28.6 Å². The van der Waals surface area contributed by atoms with E-state index in [2.05, 4.69) is 26.4 Å². The van der Waals surface area contributed by atoms with Crippen LogP contribution in [-0.2, 0) is 11.3 Å². The van der Waals surface area contributed by atoms with E-state index >= 15 is 0 Å². The zero-order chi connectivity index (χ0) is 23.7. The molecule has 34 heavy (non-hydrogen) atoms. The first-order valence-corrected chi connectivity index (χ1v) is 12.0. The lowest BCUT2D eigenvalue weighted by atomic mass is 10.1. The van der Waals surface area contributed by atoms with Gasteiger partial charge in [0.1, 0.15) is 16.4 Å². The molecule has 0 aliphatic carbocycles. The molecule has 1 unspecified atom stereocenters. The Labute approximate surface area is 202 Å². The average Bonchev–Trinajstić information content (AvgIpc) is 3.42. The number of benzene rings is 1. The van der Waals surface area contributed by atoms with Gasteiger partial charge in [-0.2, -0.15) is 10.4 Å². The second kappa shape index (κ2) is 9.66. The molecule has 0 spiro atoms. The number of fused-ring (bicyclic) bond motifs is 3. The van der Waals surface area contributed by atoms with Crippen molar-refractivity contribution in [2.24, 2.45) is 4.99 Å². The number of hydrogen-bond acceptors (Lipinski definition) is 7. The molecule has 0 bridgehead atoms. The van der Waals surface area contributed by atoms with E-state index in [1.807, 2.05) is 30.7 Å². The van der Waals surface area contributed by atoms with Gasteiger partial charge in [-0.05, 0) is 32.4 Å². The number of rotatable bonds is 7. The summed E-state index contributed by atoms with van der Waals surface area (Å²) in [6.07, 6.45) is 0.530. The van der Waals surface area contributed by atoms with E-state index in [9.17, 15) is 5.26 Å². The lowest BCUT2D eigenvalue weighted by molar-refractivity contribution is 0.0358. The van der Waals surface area contributed by atoms with Crippen LogP contribution in [0.25, 0.3) is 16.1 Å². The number of ether oxygens (including phenoxy) is 2. The van der Waals surface area contributed by atoms with E-state index in [0.717, 1.165) is 73.3 Å². The second-order valence-electron chi connectivity index (χ2n) is 8.53. The first-order chi connectivity index (χ1) is 16.6. The minimum absolute atomic E-state index is 0.359. The summed E-state index contributed by atoms with van der Waals surface area (Å²) in [5.74, 6) is 0.635. The quantitative estimate of drug-likeness (QED) is 0.394. The normalized spacial score (nSPS) is 18.3. The van der Waals surface area contributed by atoms with E-state index in [1.54, 1.807) is 6.07 Å². The summed E-state index contributed by atoms with van der Waals surface area (Å²) < 4.78 is 13.5. The van der Waals surface area contributed by atoms with Crippen LogP contribution in [0.5, 0.6) is 5.75 Å². The number of nitrogens with zero attached hydrogens (tertiary/aromatic N) is 5. The molecule has 178 valence electrons. The molecule has 0 amide bonds. The zero-order valence-corrected chi connectivity index (χ0v) is 20.2. The molecular weight excluding hydrogens is 454 g/mol. The average molecular weight is 482 g/mol. The van der Waals surface area contributed by atoms with E-state index in [1.165, 1.54) is 0 Å². The first-order valence-electron chi connectivity index (χ1n) is 11.6. The van der Waals surface area contributed by atoms with Crippen LogP contribution in [-0.4, -0.2) is 59.1 Å². The molecule has 0 radical (unpaired) electrons. The van der Waals surface area contributed by atoms with E-state index < -0.39 is 0 Å². The zero-order valence-electron chi connectivity index (χ0n) is 19.4. The Bertz CT molecular complexity index is 1360. The fourth-order valence-corrected chi connectivity index (χ4v) is 4.87. The first kappa shape index (κ1) is 22.7. The Kier molecular flexibility index (Phi) is 6.46. The van der Waals surface area contributed by atoms with Crippen molar-refractivity contribution in [1.29, 1.82) is 5.26 Å². The number of nitriles is 1. The molecule has 1 atom stereocenters. The van der Waals surface area contributed by atoms with Crippen molar-refractivity contribution < 1.29 is 9.47 Å². The maximum atomic E-state index is 9.60. The predicted octanol–water partition coefficient (Wildman–Crippen LogP) is 1.89. The molecule has 5 rings (SSSR count). The number of morpholine rings is 1. The molecule has 2 aliphatic rings. The summed E-state index contributed by atoms with van der Waals surface area (Å²) in [4.78, 5) is 10.7. The van der Waals surface area contributed by atoms with Gasteiger partial charge in [-0.15, -0.1) is 0 Å². The van der Waals surface area contributed by atoms with Crippen LogP contribution in [0.15, 0.2) is 23.2 Å². The van der Waals surface area contributed by atoms with Gasteiger partial charge in [-0.25, -0.2) is 4.99 Å². The summed E-state index contributed by atoms with van der Waals surface area (Å²) >= 11 is 6.73. The molecule has 3 aromatic rings. The molecule has 0 saturated carbocycles. The Balaban J connectivity index is 1.46. The Morgan fingerprint density at radius 1 is 1.29 bits per heavy atom. The van der Waals surface area contributed by atoms with Crippen molar-refractivity contribution in [3.05, 3.63) is 45.9 Å². The third-order valence-electron chi connectivity index (χ3n) is 6.21. The van der Waals surface area contributed by atoms with Gasteiger partial charge in [0.15, 0.2) is 6.17 Å². The lowest BCUT2D eigenvalue weighted by Gasteiger charge is -2.26. The molecule has 2 aliphatic heterocycles. The fraction of sp³-hybridized carbons (Fsp3) is 0.458. The van der Waals surface area contributed by atoms with Crippen LogP contribution >= 0.6 is 11.6 Å². The molecule has 1 saturated heterocycles. The van der Waals surface area contributed by atoms with Crippen LogP contribution in [0.2, 0.25) is 0 Å². The molecule has 9 nitrogen and oxygen atoms in total.